The van der Waals surface area contributed by atoms with Crippen LogP contribution in [0, 0.1) is 0 Å². The van der Waals surface area contributed by atoms with Crippen molar-refractivity contribution >= 4 is 43.6 Å². The molecule has 10 rings (SSSR count). The number of para-hydroxylation sites is 2. The lowest BCUT2D eigenvalue weighted by Gasteiger charge is -2.14. The summed E-state index contributed by atoms with van der Waals surface area (Å²) in [6.07, 6.45) is 0. The Morgan fingerprint density at radius 2 is 0.863 bits per heavy atom. The lowest BCUT2D eigenvalue weighted by atomic mass is 9.93. The van der Waals surface area contributed by atoms with Crippen LogP contribution < -0.4 is 0 Å². The average molecular weight is 653 g/mol. The normalized spacial score (nSPS) is 11.5. The third-order valence-electron chi connectivity index (χ3n) is 9.51. The lowest BCUT2D eigenvalue weighted by Crippen LogP contribution is -2.01. The Labute approximate surface area is 293 Å². The van der Waals surface area contributed by atoms with Gasteiger partial charge in [0.25, 0.3) is 0 Å². The van der Waals surface area contributed by atoms with Crippen LogP contribution in [0.15, 0.2) is 174 Å². The Morgan fingerprint density at radius 3 is 1.57 bits per heavy atom. The number of aromatic nitrogens is 4. The molecule has 0 spiro atoms. The van der Waals surface area contributed by atoms with E-state index in [2.05, 4.69) is 109 Å². The molecule has 0 saturated heterocycles. The minimum Gasteiger partial charge on any atom is -0.455 e. The Hall–Kier alpha value is -6.98. The van der Waals surface area contributed by atoms with Gasteiger partial charge < -0.3 is 4.42 Å². The first-order chi connectivity index (χ1) is 25.3. The molecule has 0 saturated carbocycles. The summed E-state index contributed by atoms with van der Waals surface area (Å²) in [5.41, 5.74) is 9.26. The highest BCUT2D eigenvalue weighted by molar-refractivity contribution is 6.30. The molecule has 10 aromatic rings. The molecule has 0 aliphatic carbocycles. The van der Waals surface area contributed by atoms with E-state index in [4.69, 9.17) is 24.4 Å². The van der Waals surface area contributed by atoms with Crippen LogP contribution in [-0.2, 0) is 0 Å². The standard InChI is InChI=1S/C46H28N4O/c1-4-14-29(15-5-1)30-24-26-33(27-25-30)45-48-44(32-18-8-3-9-19-32)49-46(50-45)37-28-36-40(41-35-21-11-13-23-39(35)51-43(37)41)34-20-10-12-22-38(34)47-42(36)31-16-6-2-7-17-31/h1-28H. The van der Waals surface area contributed by atoms with Crippen molar-refractivity contribution in [3.05, 3.63) is 170 Å². The molecule has 0 atom stereocenters. The number of nitrogens with zero attached hydrogens (tertiary/aromatic N) is 4. The van der Waals surface area contributed by atoms with Gasteiger partial charge in [-0.1, -0.05) is 152 Å². The van der Waals surface area contributed by atoms with Crippen molar-refractivity contribution < 1.29 is 4.42 Å². The predicted molar refractivity (Wildman–Crippen MR) is 207 cm³/mol. The smallest absolute Gasteiger partial charge is 0.167 e. The van der Waals surface area contributed by atoms with E-state index in [9.17, 15) is 0 Å². The summed E-state index contributed by atoms with van der Waals surface area (Å²) < 4.78 is 6.78. The molecule has 0 N–H and O–H groups in total. The summed E-state index contributed by atoms with van der Waals surface area (Å²) in [5.74, 6) is 1.71. The van der Waals surface area contributed by atoms with Gasteiger partial charge in [0.15, 0.2) is 17.5 Å². The van der Waals surface area contributed by atoms with E-state index < -0.39 is 0 Å². The predicted octanol–water partition coefficient (Wildman–Crippen LogP) is 11.8. The van der Waals surface area contributed by atoms with Crippen LogP contribution in [0.5, 0.6) is 0 Å². The molecule has 7 aromatic carbocycles. The molecule has 0 fully saturated rings. The second-order valence-corrected chi connectivity index (χ2v) is 12.6. The average Bonchev–Trinajstić information content (AvgIpc) is 3.61. The number of pyridine rings is 1. The van der Waals surface area contributed by atoms with Crippen molar-refractivity contribution in [1.29, 1.82) is 0 Å². The summed E-state index contributed by atoms with van der Waals surface area (Å²) in [5, 5.41) is 5.21. The second-order valence-electron chi connectivity index (χ2n) is 12.6. The zero-order chi connectivity index (χ0) is 33.7. The topological polar surface area (TPSA) is 64.7 Å². The van der Waals surface area contributed by atoms with Crippen molar-refractivity contribution in [1.82, 2.24) is 19.9 Å². The number of benzene rings is 7. The molecular weight excluding hydrogens is 625 g/mol. The molecule has 0 bridgehead atoms. The Morgan fingerprint density at radius 1 is 0.353 bits per heavy atom. The van der Waals surface area contributed by atoms with Crippen molar-refractivity contribution in [2.45, 2.75) is 0 Å². The van der Waals surface area contributed by atoms with Gasteiger partial charge in [-0.15, -0.1) is 0 Å². The highest BCUT2D eigenvalue weighted by atomic mass is 16.3. The number of rotatable bonds is 5. The Kier molecular flexibility index (Phi) is 6.74. The van der Waals surface area contributed by atoms with Crippen LogP contribution in [0.2, 0.25) is 0 Å². The number of hydrogen-bond acceptors (Lipinski definition) is 5. The second kappa shape index (κ2) is 11.9. The highest BCUT2D eigenvalue weighted by Crippen LogP contribution is 2.45. The monoisotopic (exact) mass is 652 g/mol. The van der Waals surface area contributed by atoms with Gasteiger partial charge in [-0.05, 0) is 29.3 Å². The molecular formula is C46H28N4O. The molecule has 0 aliphatic heterocycles. The minimum absolute atomic E-state index is 0.532. The van der Waals surface area contributed by atoms with Gasteiger partial charge in [0.05, 0.1) is 16.8 Å². The maximum Gasteiger partial charge on any atom is 0.167 e. The van der Waals surface area contributed by atoms with E-state index >= 15 is 0 Å². The molecule has 0 radical (unpaired) electrons. The summed E-state index contributed by atoms with van der Waals surface area (Å²) in [6, 6.07) is 57.9. The van der Waals surface area contributed by atoms with Crippen LogP contribution in [0.4, 0.5) is 0 Å². The maximum atomic E-state index is 6.78. The minimum atomic E-state index is 0.532. The van der Waals surface area contributed by atoms with E-state index in [-0.39, 0.29) is 0 Å². The van der Waals surface area contributed by atoms with Gasteiger partial charge in [-0.25, -0.2) is 19.9 Å². The van der Waals surface area contributed by atoms with Crippen molar-refractivity contribution in [3.8, 4) is 56.5 Å². The zero-order valence-corrected chi connectivity index (χ0v) is 27.4. The van der Waals surface area contributed by atoms with Crippen molar-refractivity contribution in [2.24, 2.45) is 0 Å². The SMILES string of the molecule is c1ccc(-c2ccc(-c3nc(-c4ccccc4)nc(-c4cc5c(-c6ccccc6)nc6ccccc6c5c5c4oc4ccccc45)n3)cc2)cc1. The summed E-state index contributed by atoms with van der Waals surface area (Å²) in [4.78, 5) is 20.6. The summed E-state index contributed by atoms with van der Waals surface area (Å²) in [6.45, 7) is 0. The van der Waals surface area contributed by atoms with Crippen molar-refractivity contribution in [2.75, 3.05) is 0 Å². The molecule has 3 heterocycles. The Bertz CT molecular complexity index is 2890. The first kappa shape index (κ1) is 29.0. The molecule has 0 aliphatic rings. The maximum absolute atomic E-state index is 6.78. The molecule has 5 nitrogen and oxygen atoms in total. The third kappa shape index (κ3) is 4.94. The van der Waals surface area contributed by atoms with E-state index in [1.165, 1.54) is 0 Å². The van der Waals surface area contributed by atoms with Gasteiger partial charge in [0.1, 0.15) is 11.2 Å². The number of fused-ring (bicyclic) bond motifs is 7. The van der Waals surface area contributed by atoms with E-state index in [1.807, 2.05) is 60.7 Å². The first-order valence-corrected chi connectivity index (χ1v) is 17.0. The first-order valence-electron chi connectivity index (χ1n) is 17.0. The molecule has 51 heavy (non-hydrogen) atoms. The van der Waals surface area contributed by atoms with Crippen LogP contribution >= 0.6 is 0 Å². The van der Waals surface area contributed by atoms with E-state index in [1.54, 1.807) is 0 Å². The third-order valence-corrected chi connectivity index (χ3v) is 9.51. The van der Waals surface area contributed by atoms with Gasteiger partial charge in [-0.3, -0.25) is 0 Å². The molecule has 5 heteroatoms. The van der Waals surface area contributed by atoms with Crippen LogP contribution in [0.1, 0.15) is 0 Å². The lowest BCUT2D eigenvalue weighted by molar-refractivity contribution is 0.670. The zero-order valence-electron chi connectivity index (χ0n) is 27.4. The van der Waals surface area contributed by atoms with E-state index in [0.29, 0.717) is 17.5 Å². The highest BCUT2D eigenvalue weighted by Gasteiger charge is 2.23. The Balaban J connectivity index is 1.29. The van der Waals surface area contributed by atoms with Crippen LogP contribution in [0.25, 0.3) is 100 Å². The number of hydrogen-bond donors (Lipinski definition) is 0. The molecule has 0 amide bonds. The largest absolute Gasteiger partial charge is 0.455 e. The van der Waals surface area contributed by atoms with Gasteiger partial charge in [0.2, 0.25) is 0 Å². The van der Waals surface area contributed by atoms with E-state index in [0.717, 1.165) is 82.7 Å². The van der Waals surface area contributed by atoms with Gasteiger partial charge in [-0.2, -0.15) is 0 Å². The van der Waals surface area contributed by atoms with Crippen LogP contribution in [-0.4, -0.2) is 19.9 Å². The van der Waals surface area contributed by atoms with Crippen LogP contribution in [0.3, 0.4) is 0 Å². The molecule has 3 aromatic heterocycles. The fourth-order valence-corrected chi connectivity index (χ4v) is 7.10. The van der Waals surface area contributed by atoms with Crippen molar-refractivity contribution in [3.63, 3.8) is 0 Å². The molecule has 0 unspecified atom stereocenters. The quantitative estimate of drug-likeness (QED) is 0.173. The van der Waals surface area contributed by atoms with Gasteiger partial charge in [0, 0.05) is 43.6 Å². The summed E-state index contributed by atoms with van der Waals surface area (Å²) >= 11 is 0. The van der Waals surface area contributed by atoms with Gasteiger partial charge >= 0.3 is 0 Å². The fourth-order valence-electron chi connectivity index (χ4n) is 7.10. The fraction of sp³-hybridized carbons (Fsp3) is 0. The number of furan rings is 1. The molecule has 238 valence electrons. The summed E-state index contributed by atoms with van der Waals surface area (Å²) in [7, 11) is 0.